The zero-order valence-corrected chi connectivity index (χ0v) is 12.1. The van der Waals surface area contributed by atoms with Crippen molar-refractivity contribution in [1.29, 1.82) is 0 Å². The van der Waals surface area contributed by atoms with Crippen LogP contribution < -0.4 is 15.4 Å². The molecule has 0 aromatic heterocycles. The largest absolute Gasteiger partial charge is 0.495 e. The van der Waals surface area contributed by atoms with Crippen molar-refractivity contribution in [2.45, 2.75) is 33.2 Å². The summed E-state index contributed by atoms with van der Waals surface area (Å²) in [5, 5.41) is 6.05. The second kappa shape index (κ2) is 5.48. The van der Waals surface area contributed by atoms with Crippen molar-refractivity contribution in [3.63, 3.8) is 0 Å². The van der Waals surface area contributed by atoms with Gasteiger partial charge in [-0.1, -0.05) is 11.6 Å². The van der Waals surface area contributed by atoms with E-state index in [4.69, 9.17) is 16.3 Å². The number of benzene rings is 1. The van der Waals surface area contributed by atoms with Crippen molar-refractivity contribution >= 4 is 23.3 Å². The molecule has 0 bridgehead atoms. The van der Waals surface area contributed by atoms with Gasteiger partial charge in [-0.05, 0) is 45.4 Å². The van der Waals surface area contributed by atoms with Gasteiger partial charge in [0.25, 0.3) is 0 Å². The van der Waals surface area contributed by atoms with Crippen LogP contribution in [0.4, 0.5) is 10.5 Å². The van der Waals surface area contributed by atoms with Gasteiger partial charge in [0.05, 0.1) is 12.1 Å². The molecule has 0 aliphatic rings. The standard InChI is InChI=1S/C13H19ClN2O2/c1-8-6-11(18-5)9(14)7-10(8)15-12(17)16-13(2,3)4/h6-7H,1-5H3,(H2,15,16,17). The maximum absolute atomic E-state index is 11.7. The number of halogens is 1. The molecule has 1 aromatic rings. The minimum atomic E-state index is -0.283. The molecule has 0 atom stereocenters. The van der Waals surface area contributed by atoms with E-state index in [1.165, 1.54) is 0 Å². The van der Waals surface area contributed by atoms with Crippen molar-refractivity contribution in [2.24, 2.45) is 0 Å². The van der Waals surface area contributed by atoms with Crippen LogP contribution in [-0.2, 0) is 0 Å². The van der Waals surface area contributed by atoms with E-state index < -0.39 is 0 Å². The predicted molar refractivity (Wildman–Crippen MR) is 74.6 cm³/mol. The zero-order chi connectivity index (χ0) is 13.9. The second-order valence-electron chi connectivity index (χ2n) is 5.13. The fourth-order valence-corrected chi connectivity index (χ4v) is 1.68. The van der Waals surface area contributed by atoms with E-state index in [9.17, 15) is 4.79 Å². The first-order valence-electron chi connectivity index (χ1n) is 5.66. The predicted octanol–water partition coefficient (Wildman–Crippen LogP) is 3.58. The maximum Gasteiger partial charge on any atom is 0.319 e. The van der Waals surface area contributed by atoms with E-state index in [1.54, 1.807) is 19.2 Å². The monoisotopic (exact) mass is 270 g/mol. The van der Waals surface area contributed by atoms with Crippen LogP contribution in [0.5, 0.6) is 5.75 Å². The van der Waals surface area contributed by atoms with Crippen LogP contribution in [0.1, 0.15) is 26.3 Å². The Hall–Kier alpha value is -1.42. The average Bonchev–Trinajstić information content (AvgIpc) is 2.20. The highest BCUT2D eigenvalue weighted by Gasteiger charge is 2.15. The van der Waals surface area contributed by atoms with Crippen LogP contribution in [-0.4, -0.2) is 18.7 Å². The molecule has 0 aliphatic carbocycles. The lowest BCUT2D eigenvalue weighted by Crippen LogP contribution is -2.43. The SMILES string of the molecule is COc1cc(C)c(NC(=O)NC(C)(C)C)cc1Cl. The lowest BCUT2D eigenvalue weighted by molar-refractivity contribution is 0.244. The molecule has 18 heavy (non-hydrogen) atoms. The van der Waals surface area contributed by atoms with E-state index in [-0.39, 0.29) is 11.6 Å². The molecule has 1 rings (SSSR count). The summed E-state index contributed by atoms with van der Waals surface area (Å²) in [4.78, 5) is 11.7. The van der Waals surface area contributed by atoms with Crippen LogP contribution in [0.15, 0.2) is 12.1 Å². The first-order chi connectivity index (χ1) is 8.23. The van der Waals surface area contributed by atoms with E-state index in [2.05, 4.69) is 10.6 Å². The van der Waals surface area contributed by atoms with E-state index in [1.807, 2.05) is 27.7 Å². The molecule has 4 nitrogen and oxygen atoms in total. The fraction of sp³-hybridized carbons (Fsp3) is 0.462. The van der Waals surface area contributed by atoms with E-state index in [0.29, 0.717) is 16.5 Å². The van der Waals surface area contributed by atoms with Gasteiger partial charge in [0.15, 0.2) is 0 Å². The van der Waals surface area contributed by atoms with Gasteiger partial charge in [-0.15, -0.1) is 0 Å². The number of carbonyl (C=O) groups is 1. The molecular weight excluding hydrogens is 252 g/mol. The fourth-order valence-electron chi connectivity index (χ4n) is 1.44. The number of anilines is 1. The number of aryl methyl sites for hydroxylation is 1. The molecular formula is C13H19ClN2O2. The smallest absolute Gasteiger partial charge is 0.319 e. The van der Waals surface area contributed by atoms with Crippen LogP contribution >= 0.6 is 11.6 Å². The second-order valence-corrected chi connectivity index (χ2v) is 5.54. The summed E-state index contributed by atoms with van der Waals surface area (Å²) in [5.74, 6) is 0.593. The first-order valence-corrected chi connectivity index (χ1v) is 6.04. The van der Waals surface area contributed by atoms with Crippen molar-refractivity contribution in [1.82, 2.24) is 5.32 Å². The van der Waals surface area contributed by atoms with Gasteiger partial charge in [-0.2, -0.15) is 0 Å². The number of carbonyl (C=O) groups excluding carboxylic acids is 1. The highest BCUT2D eigenvalue weighted by atomic mass is 35.5. The van der Waals surface area contributed by atoms with E-state index >= 15 is 0 Å². The third-order valence-electron chi connectivity index (χ3n) is 2.24. The molecule has 2 amide bonds. The number of methoxy groups -OCH3 is 1. The molecule has 0 heterocycles. The molecule has 5 heteroatoms. The van der Waals surface area contributed by atoms with Gasteiger partial charge in [0, 0.05) is 11.2 Å². The Morgan fingerprint density at radius 2 is 1.94 bits per heavy atom. The Labute approximate surface area is 113 Å². The normalized spacial score (nSPS) is 11.0. The number of urea groups is 1. The molecule has 1 aromatic carbocycles. The Balaban J connectivity index is 2.86. The molecule has 100 valence electrons. The summed E-state index contributed by atoms with van der Waals surface area (Å²) in [7, 11) is 1.56. The van der Waals surface area contributed by atoms with Gasteiger partial charge in [-0.25, -0.2) is 4.79 Å². The van der Waals surface area contributed by atoms with Crippen LogP contribution in [0.25, 0.3) is 0 Å². The van der Waals surface area contributed by atoms with Crippen molar-refractivity contribution in [3.05, 3.63) is 22.7 Å². The summed E-state index contributed by atoms with van der Waals surface area (Å²) in [6.45, 7) is 7.63. The summed E-state index contributed by atoms with van der Waals surface area (Å²) in [5.41, 5.74) is 1.27. The van der Waals surface area contributed by atoms with Gasteiger partial charge in [0.2, 0.25) is 0 Å². The van der Waals surface area contributed by atoms with Crippen molar-refractivity contribution < 1.29 is 9.53 Å². The quantitative estimate of drug-likeness (QED) is 0.863. The number of hydrogen-bond acceptors (Lipinski definition) is 2. The maximum atomic E-state index is 11.7. The Kier molecular flexibility index (Phi) is 4.46. The van der Waals surface area contributed by atoms with Gasteiger partial charge in [0.1, 0.15) is 5.75 Å². The van der Waals surface area contributed by atoms with E-state index in [0.717, 1.165) is 5.56 Å². The average molecular weight is 271 g/mol. The number of hydrogen-bond donors (Lipinski definition) is 2. The summed E-state index contributed by atoms with van der Waals surface area (Å²) >= 11 is 6.02. The van der Waals surface area contributed by atoms with Gasteiger partial charge in [-0.3, -0.25) is 0 Å². The number of nitrogens with one attached hydrogen (secondary N) is 2. The molecule has 0 fully saturated rings. The molecule has 0 saturated carbocycles. The van der Waals surface area contributed by atoms with Crippen LogP contribution in [0.3, 0.4) is 0 Å². The highest BCUT2D eigenvalue weighted by Crippen LogP contribution is 2.30. The summed E-state index contributed by atoms with van der Waals surface area (Å²) in [6.07, 6.45) is 0. The molecule has 0 unspecified atom stereocenters. The number of amides is 2. The third-order valence-corrected chi connectivity index (χ3v) is 2.53. The van der Waals surface area contributed by atoms with Crippen LogP contribution in [0.2, 0.25) is 5.02 Å². The molecule has 0 saturated heterocycles. The Bertz CT molecular complexity index is 453. The Morgan fingerprint density at radius 1 is 1.33 bits per heavy atom. The topological polar surface area (TPSA) is 50.4 Å². The highest BCUT2D eigenvalue weighted by molar-refractivity contribution is 6.32. The van der Waals surface area contributed by atoms with Crippen molar-refractivity contribution in [2.75, 3.05) is 12.4 Å². The first kappa shape index (κ1) is 14.6. The lowest BCUT2D eigenvalue weighted by atomic mass is 10.1. The lowest BCUT2D eigenvalue weighted by Gasteiger charge is -2.21. The van der Waals surface area contributed by atoms with Gasteiger partial charge >= 0.3 is 6.03 Å². The molecule has 0 spiro atoms. The van der Waals surface area contributed by atoms with Gasteiger partial charge < -0.3 is 15.4 Å². The zero-order valence-electron chi connectivity index (χ0n) is 11.3. The number of rotatable bonds is 2. The number of ether oxygens (including phenoxy) is 1. The summed E-state index contributed by atoms with van der Waals surface area (Å²) < 4.78 is 5.11. The molecule has 2 N–H and O–H groups in total. The van der Waals surface area contributed by atoms with Crippen LogP contribution in [0, 0.1) is 6.92 Å². The molecule has 0 radical (unpaired) electrons. The van der Waals surface area contributed by atoms with Crippen molar-refractivity contribution in [3.8, 4) is 5.75 Å². The molecule has 0 aliphatic heterocycles. The third kappa shape index (κ3) is 4.11. The summed E-state index contributed by atoms with van der Waals surface area (Å²) in [6, 6.07) is 3.21. The minimum Gasteiger partial charge on any atom is -0.495 e. The minimum absolute atomic E-state index is 0.258. The Morgan fingerprint density at radius 3 is 2.44 bits per heavy atom.